The number of nitrogens with zero attached hydrogens (tertiary/aromatic N) is 3. The summed E-state index contributed by atoms with van der Waals surface area (Å²) in [6.45, 7) is 7.67. The Morgan fingerprint density at radius 1 is 1.24 bits per heavy atom. The number of aliphatic hydroxyl groups is 1. The van der Waals surface area contributed by atoms with E-state index in [4.69, 9.17) is 0 Å². The van der Waals surface area contributed by atoms with E-state index in [1.807, 2.05) is 12.4 Å². The quantitative estimate of drug-likeness (QED) is 0.839. The fourth-order valence-corrected chi connectivity index (χ4v) is 3.46. The largest absolute Gasteiger partial charge is 0.396 e. The van der Waals surface area contributed by atoms with Gasteiger partial charge in [0.25, 0.3) is 0 Å². The van der Waals surface area contributed by atoms with E-state index in [2.05, 4.69) is 28.7 Å². The van der Waals surface area contributed by atoms with E-state index in [0.29, 0.717) is 6.61 Å². The zero-order valence-corrected chi connectivity index (χ0v) is 13.5. The minimum Gasteiger partial charge on any atom is -0.396 e. The highest BCUT2D eigenvalue weighted by Crippen LogP contribution is 2.34. The first-order valence-electron chi connectivity index (χ1n) is 8.34. The number of hydrogen-bond acceptors (Lipinski definition) is 4. The van der Waals surface area contributed by atoms with Gasteiger partial charge in [-0.25, -0.2) is 9.97 Å². The summed E-state index contributed by atoms with van der Waals surface area (Å²) in [5.41, 5.74) is 1.29. The molecule has 2 rings (SSSR count). The minimum absolute atomic E-state index is 0.107. The molecule has 0 amide bonds. The summed E-state index contributed by atoms with van der Waals surface area (Å²) in [5.74, 6) is 0.940. The van der Waals surface area contributed by atoms with Crippen molar-refractivity contribution in [3.8, 4) is 0 Å². The van der Waals surface area contributed by atoms with Crippen LogP contribution in [0.15, 0.2) is 12.4 Å². The Balaban J connectivity index is 1.95. The van der Waals surface area contributed by atoms with Crippen molar-refractivity contribution in [1.82, 2.24) is 14.9 Å². The molecule has 118 valence electrons. The van der Waals surface area contributed by atoms with Crippen molar-refractivity contribution in [3.05, 3.63) is 23.8 Å². The molecule has 0 bridgehead atoms. The number of rotatable bonds is 7. The Kier molecular flexibility index (Phi) is 6.12. The van der Waals surface area contributed by atoms with E-state index in [1.165, 1.54) is 12.0 Å². The molecule has 1 aromatic rings. The molecular weight excluding hydrogens is 262 g/mol. The maximum absolute atomic E-state index is 9.80. The van der Waals surface area contributed by atoms with Gasteiger partial charge in [-0.3, -0.25) is 4.90 Å². The normalized spacial score (nSPS) is 23.4. The lowest BCUT2D eigenvalue weighted by atomic mass is 9.77. The molecule has 0 aromatic carbocycles. The first-order valence-corrected chi connectivity index (χ1v) is 8.34. The molecular formula is C17H29N3O. The van der Waals surface area contributed by atoms with Crippen molar-refractivity contribution < 1.29 is 5.11 Å². The summed E-state index contributed by atoms with van der Waals surface area (Å²) < 4.78 is 0. The second kappa shape index (κ2) is 7.85. The van der Waals surface area contributed by atoms with Crippen LogP contribution in [-0.2, 0) is 13.0 Å². The first kappa shape index (κ1) is 16.4. The smallest absolute Gasteiger partial charge is 0.128 e. The van der Waals surface area contributed by atoms with Gasteiger partial charge in [-0.2, -0.15) is 0 Å². The second-order valence-corrected chi connectivity index (χ2v) is 6.48. The van der Waals surface area contributed by atoms with Crippen LogP contribution in [0, 0.1) is 5.41 Å². The molecule has 0 saturated carbocycles. The monoisotopic (exact) mass is 291 g/mol. The zero-order chi connectivity index (χ0) is 15.1. The van der Waals surface area contributed by atoms with Crippen LogP contribution < -0.4 is 0 Å². The molecule has 0 spiro atoms. The van der Waals surface area contributed by atoms with Gasteiger partial charge in [0.1, 0.15) is 5.82 Å². The summed E-state index contributed by atoms with van der Waals surface area (Å²) in [6, 6.07) is 0. The van der Waals surface area contributed by atoms with E-state index in [1.54, 1.807) is 0 Å². The maximum atomic E-state index is 9.80. The molecule has 0 radical (unpaired) electrons. The van der Waals surface area contributed by atoms with Crippen LogP contribution in [0.2, 0.25) is 0 Å². The van der Waals surface area contributed by atoms with Gasteiger partial charge in [0.05, 0.1) is 0 Å². The predicted molar refractivity (Wildman–Crippen MR) is 85.0 cm³/mol. The first-order chi connectivity index (χ1) is 10.2. The molecule has 1 aromatic heterocycles. The third kappa shape index (κ3) is 4.48. The molecule has 21 heavy (non-hydrogen) atoms. The van der Waals surface area contributed by atoms with Crippen LogP contribution in [0.25, 0.3) is 0 Å². The van der Waals surface area contributed by atoms with Crippen LogP contribution in [0.3, 0.4) is 0 Å². The predicted octanol–water partition coefficient (Wildman–Crippen LogP) is 2.80. The number of likely N-dealkylation sites (tertiary alicyclic amines) is 1. The molecule has 0 aliphatic carbocycles. The Morgan fingerprint density at radius 2 is 2.00 bits per heavy atom. The van der Waals surface area contributed by atoms with Crippen LogP contribution in [0.4, 0.5) is 0 Å². The third-order valence-electron chi connectivity index (χ3n) is 4.49. The van der Waals surface area contributed by atoms with Crippen molar-refractivity contribution in [3.63, 3.8) is 0 Å². The van der Waals surface area contributed by atoms with E-state index < -0.39 is 0 Å². The van der Waals surface area contributed by atoms with Crippen molar-refractivity contribution in [2.45, 2.75) is 58.9 Å². The highest BCUT2D eigenvalue weighted by atomic mass is 16.3. The molecule has 1 unspecified atom stereocenters. The van der Waals surface area contributed by atoms with Gasteiger partial charge in [-0.05, 0) is 32.2 Å². The fourth-order valence-electron chi connectivity index (χ4n) is 3.46. The van der Waals surface area contributed by atoms with Gasteiger partial charge in [-0.15, -0.1) is 0 Å². The van der Waals surface area contributed by atoms with Crippen LogP contribution >= 0.6 is 0 Å². The molecule has 1 aliphatic heterocycles. The average Bonchev–Trinajstić information content (AvgIpc) is 2.50. The van der Waals surface area contributed by atoms with Crippen LogP contribution in [-0.4, -0.2) is 39.7 Å². The van der Waals surface area contributed by atoms with Crippen molar-refractivity contribution in [1.29, 1.82) is 0 Å². The van der Waals surface area contributed by atoms with E-state index >= 15 is 0 Å². The fraction of sp³-hybridized carbons (Fsp3) is 0.765. The molecule has 1 aliphatic rings. The van der Waals surface area contributed by atoms with Crippen molar-refractivity contribution in [2.24, 2.45) is 5.41 Å². The van der Waals surface area contributed by atoms with E-state index in [-0.39, 0.29) is 5.41 Å². The summed E-state index contributed by atoms with van der Waals surface area (Å²) in [6.07, 6.45) is 10.6. The van der Waals surface area contributed by atoms with Gasteiger partial charge >= 0.3 is 0 Å². The number of aliphatic hydroxyl groups excluding tert-OH is 1. The molecule has 1 saturated heterocycles. The Bertz CT molecular complexity index is 417. The Hall–Kier alpha value is -1.00. The number of piperidine rings is 1. The number of aryl methyl sites for hydroxylation is 1. The van der Waals surface area contributed by atoms with E-state index in [0.717, 1.165) is 57.6 Å². The molecule has 1 fully saturated rings. The van der Waals surface area contributed by atoms with Crippen LogP contribution in [0.1, 0.15) is 57.3 Å². The lowest BCUT2D eigenvalue weighted by Crippen LogP contribution is -2.44. The number of aromatic nitrogens is 2. The third-order valence-corrected chi connectivity index (χ3v) is 4.49. The summed E-state index contributed by atoms with van der Waals surface area (Å²) in [4.78, 5) is 11.3. The highest BCUT2D eigenvalue weighted by molar-refractivity contribution is 5.06. The molecule has 4 heteroatoms. The maximum Gasteiger partial charge on any atom is 0.128 e. The SMILES string of the molecule is CCCc1ncc(CN2CCCC(CO)(CCC)C2)cn1. The molecule has 1 atom stereocenters. The topological polar surface area (TPSA) is 49.2 Å². The van der Waals surface area contributed by atoms with Crippen LogP contribution in [0.5, 0.6) is 0 Å². The van der Waals surface area contributed by atoms with Gasteiger partial charge in [0.2, 0.25) is 0 Å². The lowest BCUT2D eigenvalue weighted by Gasteiger charge is -2.42. The summed E-state index contributed by atoms with van der Waals surface area (Å²) in [7, 11) is 0. The minimum atomic E-state index is 0.107. The number of hydrogen-bond donors (Lipinski definition) is 1. The van der Waals surface area contributed by atoms with Gasteiger partial charge in [0, 0.05) is 49.5 Å². The summed E-state index contributed by atoms with van der Waals surface area (Å²) in [5, 5.41) is 9.80. The van der Waals surface area contributed by atoms with E-state index in [9.17, 15) is 5.11 Å². The Morgan fingerprint density at radius 3 is 2.62 bits per heavy atom. The van der Waals surface area contributed by atoms with Gasteiger partial charge < -0.3 is 5.11 Å². The zero-order valence-electron chi connectivity index (χ0n) is 13.5. The highest BCUT2D eigenvalue weighted by Gasteiger charge is 2.33. The van der Waals surface area contributed by atoms with Crippen molar-refractivity contribution in [2.75, 3.05) is 19.7 Å². The second-order valence-electron chi connectivity index (χ2n) is 6.48. The molecule has 4 nitrogen and oxygen atoms in total. The average molecular weight is 291 g/mol. The van der Waals surface area contributed by atoms with Gasteiger partial charge in [-0.1, -0.05) is 20.3 Å². The van der Waals surface area contributed by atoms with Crippen molar-refractivity contribution >= 4 is 0 Å². The lowest BCUT2D eigenvalue weighted by molar-refractivity contribution is 0.0215. The Labute approximate surface area is 128 Å². The standard InChI is InChI=1S/C17H29N3O/c1-3-6-16-18-10-15(11-19-16)12-20-9-5-8-17(13-20,14-21)7-4-2/h10-11,21H,3-9,12-14H2,1-2H3. The van der Waals surface area contributed by atoms with Gasteiger partial charge in [0.15, 0.2) is 0 Å². The summed E-state index contributed by atoms with van der Waals surface area (Å²) >= 11 is 0. The molecule has 2 heterocycles. The molecule has 1 N–H and O–H groups in total.